The highest BCUT2D eigenvalue weighted by Crippen LogP contribution is 2.44. The van der Waals surface area contributed by atoms with E-state index < -0.39 is 0 Å². The molecule has 1 saturated carbocycles. The number of carbonyl (C=O) groups is 1. The normalized spacial score (nSPS) is 20.6. The topological polar surface area (TPSA) is 52.3 Å². The van der Waals surface area contributed by atoms with Crippen LogP contribution in [0.2, 0.25) is 0 Å². The summed E-state index contributed by atoms with van der Waals surface area (Å²) in [5.41, 5.74) is 6.11. The average molecular weight is 275 g/mol. The van der Waals surface area contributed by atoms with Crippen molar-refractivity contribution >= 4 is 5.91 Å². The smallest absolute Gasteiger partial charge is 0.221 e. The molecule has 0 aliphatic heterocycles. The molecule has 0 heterocycles. The Bertz CT molecular complexity index is 444. The lowest BCUT2D eigenvalue weighted by molar-refractivity contribution is -0.117. The Morgan fingerprint density at radius 1 is 1.35 bits per heavy atom. The molecule has 1 aromatic rings. The number of nitrogens with two attached hydrogens (primary N) is 1. The Hall–Kier alpha value is -1.51. The van der Waals surface area contributed by atoms with E-state index in [1.807, 2.05) is 24.3 Å². The van der Waals surface area contributed by atoms with Gasteiger partial charge in [0.25, 0.3) is 0 Å². The van der Waals surface area contributed by atoms with Crippen molar-refractivity contribution in [2.75, 3.05) is 6.61 Å². The monoisotopic (exact) mass is 275 g/mol. The molecular weight excluding hydrogens is 250 g/mol. The summed E-state index contributed by atoms with van der Waals surface area (Å²) >= 11 is 0. The highest BCUT2D eigenvalue weighted by molar-refractivity contribution is 5.76. The first-order chi connectivity index (χ1) is 9.69. The maximum atomic E-state index is 10.9. The van der Waals surface area contributed by atoms with Gasteiger partial charge in [-0.2, -0.15) is 0 Å². The summed E-state index contributed by atoms with van der Waals surface area (Å²) in [5.74, 6) is 2.51. The fraction of sp³-hybridized carbons (Fsp3) is 0.588. The van der Waals surface area contributed by atoms with Crippen LogP contribution in [0.3, 0.4) is 0 Å². The van der Waals surface area contributed by atoms with Crippen molar-refractivity contribution < 1.29 is 9.53 Å². The quantitative estimate of drug-likeness (QED) is 0.703. The Balaban J connectivity index is 1.62. The summed E-state index contributed by atoms with van der Waals surface area (Å²) in [7, 11) is 0. The summed E-state index contributed by atoms with van der Waals surface area (Å²) in [6, 6.07) is 7.64. The molecule has 0 saturated heterocycles. The van der Waals surface area contributed by atoms with Crippen LogP contribution in [0.25, 0.3) is 0 Å². The molecule has 1 aliphatic rings. The van der Waals surface area contributed by atoms with E-state index >= 15 is 0 Å². The van der Waals surface area contributed by atoms with Gasteiger partial charge in [0.15, 0.2) is 0 Å². The number of amides is 1. The summed E-state index contributed by atoms with van der Waals surface area (Å²) in [4.78, 5) is 10.9. The first-order valence-electron chi connectivity index (χ1n) is 7.69. The van der Waals surface area contributed by atoms with E-state index in [1.54, 1.807) is 0 Å². The first kappa shape index (κ1) is 14.9. The van der Waals surface area contributed by atoms with Gasteiger partial charge in [-0.05, 0) is 48.8 Å². The van der Waals surface area contributed by atoms with Crippen LogP contribution in [0.1, 0.15) is 44.6 Å². The zero-order valence-electron chi connectivity index (χ0n) is 12.3. The van der Waals surface area contributed by atoms with Gasteiger partial charge in [-0.1, -0.05) is 31.9 Å². The molecule has 1 aliphatic carbocycles. The van der Waals surface area contributed by atoms with Crippen LogP contribution in [0.4, 0.5) is 0 Å². The molecule has 110 valence electrons. The van der Waals surface area contributed by atoms with Gasteiger partial charge in [-0.25, -0.2) is 0 Å². The average Bonchev–Trinajstić information content (AvgIpc) is 3.17. The molecule has 2 N–H and O–H groups in total. The highest BCUT2D eigenvalue weighted by atomic mass is 16.5. The largest absolute Gasteiger partial charge is 0.494 e. The number of primary amides is 1. The molecule has 1 aromatic carbocycles. The van der Waals surface area contributed by atoms with Gasteiger partial charge in [0.1, 0.15) is 5.75 Å². The molecule has 0 bridgehead atoms. The van der Waals surface area contributed by atoms with E-state index in [0.29, 0.717) is 0 Å². The number of benzene rings is 1. The second kappa shape index (κ2) is 7.32. The molecule has 0 aromatic heterocycles. The first-order valence-corrected chi connectivity index (χ1v) is 7.69. The molecule has 1 fully saturated rings. The molecule has 2 unspecified atom stereocenters. The number of hydrogen-bond acceptors (Lipinski definition) is 2. The number of carbonyl (C=O) groups excluding carboxylic acids is 1. The SMILES string of the molecule is CCC1CC1CCCCOc1cccc(CC(N)=O)c1. The maximum Gasteiger partial charge on any atom is 0.221 e. The van der Waals surface area contributed by atoms with E-state index in [9.17, 15) is 4.79 Å². The third kappa shape index (κ3) is 4.87. The van der Waals surface area contributed by atoms with E-state index in [4.69, 9.17) is 10.5 Å². The van der Waals surface area contributed by atoms with Gasteiger partial charge in [0.05, 0.1) is 13.0 Å². The second-order valence-electron chi connectivity index (χ2n) is 5.80. The zero-order chi connectivity index (χ0) is 14.4. The van der Waals surface area contributed by atoms with Crippen LogP contribution >= 0.6 is 0 Å². The number of rotatable bonds is 9. The van der Waals surface area contributed by atoms with Crippen LogP contribution in [-0.2, 0) is 11.2 Å². The van der Waals surface area contributed by atoms with E-state index in [0.717, 1.165) is 36.2 Å². The summed E-state index contributed by atoms with van der Waals surface area (Å²) < 4.78 is 5.73. The second-order valence-corrected chi connectivity index (χ2v) is 5.80. The Labute approximate surface area is 121 Å². The molecular formula is C17H25NO2. The van der Waals surface area contributed by atoms with Gasteiger partial charge >= 0.3 is 0 Å². The van der Waals surface area contributed by atoms with Crippen molar-refractivity contribution in [3.63, 3.8) is 0 Å². The van der Waals surface area contributed by atoms with Crippen LogP contribution in [-0.4, -0.2) is 12.5 Å². The minimum Gasteiger partial charge on any atom is -0.494 e. The lowest BCUT2D eigenvalue weighted by Gasteiger charge is -2.07. The highest BCUT2D eigenvalue weighted by Gasteiger charge is 2.33. The Kier molecular flexibility index (Phi) is 5.45. The molecule has 3 heteroatoms. The van der Waals surface area contributed by atoms with Crippen molar-refractivity contribution in [2.45, 2.75) is 45.4 Å². The van der Waals surface area contributed by atoms with E-state index in [-0.39, 0.29) is 12.3 Å². The molecule has 0 spiro atoms. The van der Waals surface area contributed by atoms with Crippen molar-refractivity contribution in [3.05, 3.63) is 29.8 Å². The number of ether oxygens (including phenoxy) is 1. The van der Waals surface area contributed by atoms with Gasteiger partial charge < -0.3 is 10.5 Å². The molecule has 2 rings (SSSR count). The minimum absolute atomic E-state index is 0.275. The lowest BCUT2D eigenvalue weighted by Crippen LogP contribution is -2.13. The number of hydrogen-bond donors (Lipinski definition) is 1. The predicted molar refractivity (Wildman–Crippen MR) is 80.6 cm³/mol. The minimum atomic E-state index is -0.308. The fourth-order valence-corrected chi connectivity index (χ4v) is 2.81. The van der Waals surface area contributed by atoms with Crippen LogP contribution < -0.4 is 10.5 Å². The standard InChI is InChI=1S/C17H25NO2/c1-2-14-12-15(14)7-3-4-9-20-16-8-5-6-13(10-16)11-17(18)19/h5-6,8,10,14-15H,2-4,7,9,11-12H2,1H3,(H2,18,19). The van der Waals surface area contributed by atoms with Crippen LogP contribution in [0.5, 0.6) is 5.75 Å². The van der Waals surface area contributed by atoms with Gasteiger partial charge in [0.2, 0.25) is 5.91 Å². The summed E-state index contributed by atoms with van der Waals surface area (Å²) in [6.07, 6.45) is 6.76. The third-order valence-electron chi connectivity index (χ3n) is 4.11. The molecule has 2 atom stereocenters. The molecule has 3 nitrogen and oxygen atoms in total. The van der Waals surface area contributed by atoms with Crippen molar-refractivity contribution in [1.29, 1.82) is 0 Å². The predicted octanol–water partition coefficient (Wildman–Crippen LogP) is 3.31. The van der Waals surface area contributed by atoms with Crippen molar-refractivity contribution in [2.24, 2.45) is 17.6 Å². The fourth-order valence-electron chi connectivity index (χ4n) is 2.81. The Morgan fingerprint density at radius 3 is 2.90 bits per heavy atom. The number of unbranched alkanes of at least 4 members (excludes halogenated alkanes) is 1. The molecule has 0 radical (unpaired) electrons. The molecule has 1 amide bonds. The van der Waals surface area contributed by atoms with Crippen molar-refractivity contribution in [1.82, 2.24) is 0 Å². The van der Waals surface area contributed by atoms with Crippen molar-refractivity contribution in [3.8, 4) is 5.75 Å². The van der Waals surface area contributed by atoms with E-state index in [2.05, 4.69) is 6.92 Å². The third-order valence-corrected chi connectivity index (χ3v) is 4.11. The Morgan fingerprint density at radius 2 is 2.20 bits per heavy atom. The summed E-state index contributed by atoms with van der Waals surface area (Å²) in [6.45, 7) is 3.04. The zero-order valence-corrected chi connectivity index (χ0v) is 12.3. The molecule has 20 heavy (non-hydrogen) atoms. The van der Waals surface area contributed by atoms with Crippen LogP contribution in [0.15, 0.2) is 24.3 Å². The van der Waals surface area contributed by atoms with Gasteiger partial charge in [0, 0.05) is 0 Å². The van der Waals surface area contributed by atoms with Gasteiger partial charge in [-0.3, -0.25) is 4.79 Å². The summed E-state index contributed by atoms with van der Waals surface area (Å²) in [5, 5.41) is 0. The lowest BCUT2D eigenvalue weighted by atomic mass is 10.1. The van der Waals surface area contributed by atoms with Crippen LogP contribution in [0, 0.1) is 11.8 Å². The van der Waals surface area contributed by atoms with Gasteiger partial charge in [-0.15, -0.1) is 0 Å². The van der Waals surface area contributed by atoms with E-state index in [1.165, 1.54) is 25.7 Å². The maximum absolute atomic E-state index is 10.9.